The molecule has 2 aromatic rings. The normalized spacial score (nSPS) is 12.1. The number of rotatable bonds is 8. The quantitative estimate of drug-likeness (QED) is 0.766. The molecule has 0 saturated carbocycles. The summed E-state index contributed by atoms with van der Waals surface area (Å²) in [4.78, 5) is 21.2. The van der Waals surface area contributed by atoms with Crippen molar-refractivity contribution in [1.29, 1.82) is 0 Å². The van der Waals surface area contributed by atoms with Gasteiger partial charge < -0.3 is 10.2 Å². The number of amides is 1. The van der Waals surface area contributed by atoms with E-state index in [0.29, 0.717) is 22.9 Å². The van der Waals surface area contributed by atoms with E-state index in [2.05, 4.69) is 29.0 Å². The molecule has 0 spiro atoms. The molecule has 1 atom stereocenters. The van der Waals surface area contributed by atoms with Gasteiger partial charge in [0.25, 0.3) is 5.91 Å². The highest BCUT2D eigenvalue weighted by molar-refractivity contribution is 6.30. The lowest BCUT2D eigenvalue weighted by Crippen LogP contribution is -2.38. The van der Waals surface area contributed by atoms with E-state index >= 15 is 0 Å². The molecule has 1 unspecified atom stereocenters. The Balaban J connectivity index is 2.19. The number of carbonyl (C=O) groups excluding carboxylic acids is 1. The summed E-state index contributed by atoms with van der Waals surface area (Å²) < 4.78 is 0. The molecular weight excluding hydrogens is 348 g/mol. The number of nitrogens with zero attached hydrogens (tertiary/aromatic N) is 3. The van der Waals surface area contributed by atoms with Crippen LogP contribution >= 0.6 is 11.6 Å². The Hall–Kier alpha value is -2.11. The van der Waals surface area contributed by atoms with Gasteiger partial charge in [0.15, 0.2) is 0 Å². The first-order chi connectivity index (χ1) is 12.5. The minimum absolute atomic E-state index is 0.0886. The molecule has 1 heterocycles. The first-order valence-corrected chi connectivity index (χ1v) is 9.25. The molecule has 0 aliphatic rings. The zero-order valence-corrected chi connectivity index (χ0v) is 16.6. The molecule has 2 rings (SSSR count). The molecule has 0 aliphatic heterocycles. The largest absolute Gasteiger partial charge is 0.362 e. The van der Waals surface area contributed by atoms with Crippen molar-refractivity contribution in [3.05, 3.63) is 58.7 Å². The van der Waals surface area contributed by atoms with Crippen LogP contribution in [0.5, 0.6) is 0 Å². The predicted molar refractivity (Wildman–Crippen MR) is 108 cm³/mol. The van der Waals surface area contributed by atoms with Crippen molar-refractivity contribution in [2.24, 2.45) is 0 Å². The third-order valence-electron chi connectivity index (χ3n) is 4.42. The highest BCUT2D eigenvalue weighted by Crippen LogP contribution is 2.22. The van der Waals surface area contributed by atoms with Crippen molar-refractivity contribution in [3.8, 4) is 0 Å². The second kappa shape index (κ2) is 9.55. The lowest BCUT2D eigenvalue weighted by molar-refractivity contribution is 0.0935. The molecular formula is C20H27ClN4O. The maximum absolute atomic E-state index is 12.7. The van der Waals surface area contributed by atoms with Crippen molar-refractivity contribution < 1.29 is 4.79 Å². The van der Waals surface area contributed by atoms with Crippen LogP contribution in [0.25, 0.3) is 0 Å². The zero-order chi connectivity index (χ0) is 19.1. The van der Waals surface area contributed by atoms with Gasteiger partial charge in [0.2, 0.25) is 0 Å². The van der Waals surface area contributed by atoms with E-state index in [-0.39, 0.29) is 11.9 Å². The number of halogens is 1. The van der Waals surface area contributed by atoms with Crippen molar-refractivity contribution in [3.63, 3.8) is 0 Å². The second-order valence-corrected chi connectivity index (χ2v) is 6.70. The standard InChI is InChI=1S/C20H27ClN4O/c1-5-25(6-2)18(15-9-11-16(21)12-10-15)14-23-20(26)17-8-7-13-22-19(17)24(3)4/h7-13,18H,5-6,14H2,1-4H3,(H,23,26). The Bertz CT molecular complexity index is 714. The molecule has 26 heavy (non-hydrogen) atoms. The van der Waals surface area contributed by atoms with E-state index in [1.165, 1.54) is 0 Å². The number of likely N-dealkylation sites (N-methyl/N-ethyl adjacent to an activating group) is 1. The smallest absolute Gasteiger partial charge is 0.255 e. The van der Waals surface area contributed by atoms with Crippen LogP contribution in [0.4, 0.5) is 5.82 Å². The van der Waals surface area contributed by atoms with E-state index in [4.69, 9.17) is 11.6 Å². The van der Waals surface area contributed by atoms with Gasteiger partial charge in [-0.15, -0.1) is 0 Å². The molecule has 5 nitrogen and oxygen atoms in total. The van der Waals surface area contributed by atoms with Crippen LogP contribution in [0.1, 0.15) is 35.8 Å². The summed E-state index contributed by atoms with van der Waals surface area (Å²) in [5.74, 6) is 0.545. The second-order valence-electron chi connectivity index (χ2n) is 6.27. The highest BCUT2D eigenvalue weighted by atomic mass is 35.5. The van der Waals surface area contributed by atoms with Gasteiger partial charge in [-0.1, -0.05) is 37.6 Å². The Morgan fingerprint density at radius 1 is 1.15 bits per heavy atom. The van der Waals surface area contributed by atoms with E-state index in [1.807, 2.05) is 43.3 Å². The number of nitrogens with one attached hydrogen (secondary N) is 1. The number of pyridine rings is 1. The molecule has 0 bridgehead atoms. The first kappa shape index (κ1) is 20.2. The number of carbonyl (C=O) groups is 1. The summed E-state index contributed by atoms with van der Waals surface area (Å²) in [6.07, 6.45) is 1.69. The lowest BCUT2D eigenvalue weighted by Gasteiger charge is -2.30. The van der Waals surface area contributed by atoms with Gasteiger partial charge in [-0.05, 0) is 42.9 Å². The predicted octanol–water partition coefficient (Wildman–Crippen LogP) is 3.61. The summed E-state index contributed by atoms with van der Waals surface area (Å²) in [7, 11) is 3.76. The Kier molecular flexibility index (Phi) is 7.42. The average Bonchev–Trinajstić information content (AvgIpc) is 2.65. The summed E-state index contributed by atoms with van der Waals surface area (Å²) in [6, 6.07) is 11.5. The van der Waals surface area contributed by atoms with Gasteiger partial charge in [0.1, 0.15) is 5.82 Å². The van der Waals surface area contributed by atoms with Gasteiger partial charge in [-0.2, -0.15) is 0 Å². The van der Waals surface area contributed by atoms with Crippen LogP contribution in [-0.4, -0.2) is 49.5 Å². The molecule has 6 heteroatoms. The van der Waals surface area contributed by atoms with E-state index in [1.54, 1.807) is 18.3 Å². The molecule has 0 aliphatic carbocycles. The lowest BCUT2D eigenvalue weighted by atomic mass is 10.0. The number of anilines is 1. The van der Waals surface area contributed by atoms with Gasteiger partial charge >= 0.3 is 0 Å². The van der Waals surface area contributed by atoms with Crippen LogP contribution in [0.2, 0.25) is 5.02 Å². The fourth-order valence-electron chi connectivity index (χ4n) is 3.02. The molecule has 1 amide bonds. The number of hydrogen-bond acceptors (Lipinski definition) is 4. The van der Waals surface area contributed by atoms with Gasteiger partial charge in [0, 0.05) is 31.9 Å². The van der Waals surface area contributed by atoms with Gasteiger partial charge in [0.05, 0.1) is 11.6 Å². The van der Waals surface area contributed by atoms with Crippen LogP contribution in [0.15, 0.2) is 42.6 Å². The van der Waals surface area contributed by atoms with E-state index in [9.17, 15) is 4.79 Å². The number of aromatic nitrogens is 1. The maximum Gasteiger partial charge on any atom is 0.255 e. The molecule has 0 saturated heterocycles. The van der Waals surface area contributed by atoms with Gasteiger partial charge in [-0.3, -0.25) is 9.69 Å². The fraction of sp³-hybridized carbons (Fsp3) is 0.400. The third kappa shape index (κ3) is 4.96. The minimum Gasteiger partial charge on any atom is -0.362 e. The summed E-state index contributed by atoms with van der Waals surface area (Å²) in [6.45, 7) is 6.56. The first-order valence-electron chi connectivity index (χ1n) is 8.87. The average molecular weight is 375 g/mol. The number of benzene rings is 1. The van der Waals surface area contributed by atoms with Crippen LogP contribution in [0, 0.1) is 0 Å². The molecule has 0 radical (unpaired) electrons. The Morgan fingerprint density at radius 3 is 2.38 bits per heavy atom. The van der Waals surface area contributed by atoms with Gasteiger partial charge in [-0.25, -0.2) is 4.98 Å². The minimum atomic E-state index is -0.118. The Morgan fingerprint density at radius 2 is 1.81 bits per heavy atom. The van der Waals surface area contributed by atoms with Crippen molar-refractivity contribution in [2.75, 3.05) is 38.6 Å². The van der Waals surface area contributed by atoms with Crippen molar-refractivity contribution in [2.45, 2.75) is 19.9 Å². The maximum atomic E-state index is 12.7. The molecule has 0 fully saturated rings. The highest BCUT2D eigenvalue weighted by Gasteiger charge is 2.20. The number of hydrogen-bond donors (Lipinski definition) is 1. The van der Waals surface area contributed by atoms with Crippen LogP contribution in [0.3, 0.4) is 0 Å². The monoisotopic (exact) mass is 374 g/mol. The van der Waals surface area contributed by atoms with Crippen molar-refractivity contribution in [1.82, 2.24) is 15.2 Å². The Labute approximate surface area is 161 Å². The molecule has 1 aromatic heterocycles. The van der Waals surface area contributed by atoms with E-state index in [0.717, 1.165) is 18.7 Å². The SMILES string of the molecule is CCN(CC)C(CNC(=O)c1cccnc1N(C)C)c1ccc(Cl)cc1. The van der Waals surface area contributed by atoms with E-state index < -0.39 is 0 Å². The summed E-state index contributed by atoms with van der Waals surface area (Å²) >= 11 is 6.02. The van der Waals surface area contributed by atoms with Crippen LogP contribution < -0.4 is 10.2 Å². The third-order valence-corrected chi connectivity index (χ3v) is 4.67. The summed E-state index contributed by atoms with van der Waals surface area (Å²) in [5, 5.41) is 3.79. The molecule has 1 N–H and O–H groups in total. The topological polar surface area (TPSA) is 48.5 Å². The summed E-state index contributed by atoms with van der Waals surface area (Å²) in [5.41, 5.74) is 1.71. The molecule has 140 valence electrons. The van der Waals surface area contributed by atoms with Crippen molar-refractivity contribution >= 4 is 23.3 Å². The fourth-order valence-corrected chi connectivity index (χ4v) is 3.15. The molecule has 1 aromatic carbocycles. The zero-order valence-electron chi connectivity index (χ0n) is 15.9. The van der Waals surface area contributed by atoms with Crippen LogP contribution in [-0.2, 0) is 0 Å².